The highest BCUT2D eigenvalue weighted by Gasteiger charge is 2.36. The Morgan fingerprint density at radius 1 is 0.500 bits per heavy atom. The first-order valence-electron chi connectivity index (χ1n) is 8.33. The molecule has 3 rings (SSSR count). The molecule has 0 saturated carbocycles. The van der Waals surface area contributed by atoms with E-state index in [1.165, 1.54) is 16.7 Å². The van der Waals surface area contributed by atoms with Crippen LogP contribution in [0.3, 0.4) is 0 Å². The molecule has 0 atom stereocenters. The Morgan fingerprint density at radius 2 is 0.750 bits per heavy atom. The molecule has 3 aromatic carbocycles. The summed E-state index contributed by atoms with van der Waals surface area (Å²) in [5, 5.41) is 0. The SMILES string of the molecule is COC(c1ccc(C)cc1)(c1ccc(C)cc1)c1ccc(C)cc1. The summed E-state index contributed by atoms with van der Waals surface area (Å²) in [4.78, 5) is 0. The third-order valence-corrected chi connectivity index (χ3v) is 4.68. The molecule has 0 radical (unpaired) electrons. The Hall–Kier alpha value is -2.38. The summed E-state index contributed by atoms with van der Waals surface area (Å²) in [5.74, 6) is 0. The molecule has 0 amide bonds. The number of rotatable bonds is 4. The number of benzene rings is 3. The minimum atomic E-state index is -0.602. The molecule has 122 valence electrons. The summed E-state index contributed by atoms with van der Waals surface area (Å²) in [6.45, 7) is 6.32. The molecule has 0 unspecified atom stereocenters. The van der Waals surface area contributed by atoms with Crippen LogP contribution in [0.2, 0.25) is 0 Å². The summed E-state index contributed by atoms with van der Waals surface area (Å²) in [7, 11) is 1.79. The molecule has 1 nitrogen and oxygen atoms in total. The monoisotopic (exact) mass is 316 g/mol. The van der Waals surface area contributed by atoms with E-state index >= 15 is 0 Å². The van der Waals surface area contributed by atoms with Crippen LogP contribution in [-0.2, 0) is 10.3 Å². The molecule has 24 heavy (non-hydrogen) atoms. The fourth-order valence-corrected chi connectivity index (χ4v) is 3.22. The standard InChI is InChI=1S/C23H24O/c1-17-5-11-20(12-6-17)23(24-4,21-13-7-18(2)8-14-21)22-15-9-19(3)10-16-22/h5-16H,1-4H3. The highest BCUT2D eigenvalue weighted by molar-refractivity contribution is 5.48. The topological polar surface area (TPSA) is 9.23 Å². The summed E-state index contributed by atoms with van der Waals surface area (Å²) >= 11 is 0. The van der Waals surface area contributed by atoms with E-state index in [0.29, 0.717) is 0 Å². The van der Waals surface area contributed by atoms with Crippen molar-refractivity contribution in [1.82, 2.24) is 0 Å². The van der Waals surface area contributed by atoms with E-state index in [1.54, 1.807) is 7.11 Å². The van der Waals surface area contributed by atoms with E-state index in [9.17, 15) is 0 Å². The third-order valence-electron chi connectivity index (χ3n) is 4.68. The summed E-state index contributed by atoms with van der Waals surface area (Å²) < 4.78 is 6.22. The van der Waals surface area contributed by atoms with E-state index < -0.39 is 5.60 Å². The Balaban J connectivity index is 2.27. The van der Waals surface area contributed by atoms with Crippen LogP contribution in [0.25, 0.3) is 0 Å². The van der Waals surface area contributed by atoms with Crippen molar-refractivity contribution in [2.75, 3.05) is 7.11 Å². The lowest BCUT2D eigenvalue weighted by Gasteiger charge is -2.34. The van der Waals surface area contributed by atoms with Gasteiger partial charge in [-0.15, -0.1) is 0 Å². The van der Waals surface area contributed by atoms with Gasteiger partial charge in [-0.3, -0.25) is 0 Å². The Morgan fingerprint density at radius 3 is 0.958 bits per heavy atom. The first-order chi connectivity index (χ1) is 11.6. The predicted molar refractivity (Wildman–Crippen MR) is 100 cm³/mol. The molecule has 0 spiro atoms. The maximum atomic E-state index is 6.22. The van der Waals surface area contributed by atoms with Crippen LogP contribution in [0.4, 0.5) is 0 Å². The van der Waals surface area contributed by atoms with Gasteiger partial charge >= 0.3 is 0 Å². The first-order valence-corrected chi connectivity index (χ1v) is 8.33. The van der Waals surface area contributed by atoms with Crippen LogP contribution in [0.5, 0.6) is 0 Å². The van der Waals surface area contributed by atoms with Crippen molar-refractivity contribution in [2.24, 2.45) is 0 Å². The Bertz CT molecular complexity index is 685. The van der Waals surface area contributed by atoms with Crippen LogP contribution in [0, 0.1) is 20.8 Å². The smallest absolute Gasteiger partial charge is 0.143 e. The highest BCUT2D eigenvalue weighted by atomic mass is 16.5. The molecule has 0 aliphatic rings. The largest absolute Gasteiger partial charge is 0.364 e. The molecule has 0 heterocycles. The fraction of sp³-hybridized carbons (Fsp3) is 0.217. The quantitative estimate of drug-likeness (QED) is 0.573. The van der Waals surface area contributed by atoms with Crippen molar-refractivity contribution >= 4 is 0 Å². The highest BCUT2D eigenvalue weighted by Crippen LogP contribution is 2.40. The molecule has 0 saturated heterocycles. The van der Waals surface area contributed by atoms with Crippen LogP contribution in [-0.4, -0.2) is 7.11 Å². The third kappa shape index (κ3) is 2.88. The van der Waals surface area contributed by atoms with Gasteiger partial charge in [-0.2, -0.15) is 0 Å². The van der Waals surface area contributed by atoms with Crippen molar-refractivity contribution in [1.29, 1.82) is 0 Å². The van der Waals surface area contributed by atoms with Crippen molar-refractivity contribution in [3.8, 4) is 0 Å². The van der Waals surface area contributed by atoms with Gasteiger partial charge in [0.1, 0.15) is 5.60 Å². The zero-order valence-electron chi connectivity index (χ0n) is 14.8. The normalized spacial score (nSPS) is 11.5. The van der Waals surface area contributed by atoms with Crippen LogP contribution >= 0.6 is 0 Å². The number of hydrogen-bond acceptors (Lipinski definition) is 1. The van der Waals surface area contributed by atoms with E-state index in [2.05, 4.69) is 93.6 Å². The molecule has 0 fully saturated rings. The lowest BCUT2D eigenvalue weighted by atomic mass is 9.79. The number of methoxy groups -OCH3 is 1. The lowest BCUT2D eigenvalue weighted by molar-refractivity contribution is 0.0585. The summed E-state index contributed by atoms with van der Waals surface area (Å²) in [6.07, 6.45) is 0. The van der Waals surface area contributed by atoms with Gasteiger partial charge in [0.15, 0.2) is 0 Å². The maximum Gasteiger partial charge on any atom is 0.143 e. The van der Waals surface area contributed by atoms with Crippen molar-refractivity contribution in [3.05, 3.63) is 106 Å². The van der Waals surface area contributed by atoms with E-state index in [4.69, 9.17) is 4.74 Å². The molecule has 0 bridgehead atoms. The summed E-state index contributed by atoms with van der Waals surface area (Å²) in [6, 6.07) is 25.9. The lowest BCUT2D eigenvalue weighted by Crippen LogP contribution is -2.31. The second-order valence-corrected chi connectivity index (χ2v) is 6.48. The number of hydrogen-bond donors (Lipinski definition) is 0. The van der Waals surface area contributed by atoms with Crippen LogP contribution < -0.4 is 0 Å². The zero-order chi connectivity index (χ0) is 17.2. The van der Waals surface area contributed by atoms with E-state index in [1.807, 2.05) is 0 Å². The molecular formula is C23H24O. The van der Waals surface area contributed by atoms with Gasteiger partial charge < -0.3 is 4.74 Å². The molecular weight excluding hydrogens is 292 g/mol. The molecule has 1 heteroatoms. The van der Waals surface area contributed by atoms with Crippen molar-refractivity contribution in [2.45, 2.75) is 26.4 Å². The van der Waals surface area contributed by atoms with Crippen molar-refractivity contribution < 1.29 is 4.74 Å². The van der Waals surface area contributed by atoms with E-state index in [-0.39, 0.29) is 0 Å². The Labute approximate surface area is 144 Å². The first kappa shape index (κ1) is 16.5. The van der Waals surface area contributed by atoms with Crippen molar-refractivity contribution in [3.63, 3.8) is 0 Å². The maximum absolute atomic E-state index is 6.22. The number of aryl methyl sites for hydroxylation is 3. The summed E-state index contributed by atoms with van der Waals surface area (Å²) in [5.41, 5.74) is 6.56. The zero-order valence-corrected chi connectivity index (χ0v) is 14.8. The predicted octanol–water partition coefficient (Wildman–Crippen LogP) is 5.55. The van der Waals surface area contributed by atoms with Gasteiger partial charge in [0, 0.05) is 7.11 Å². The van der Waals surface area contributed by atoms with Gasteiger partial charge in [0.2, 0.25) is 0 Å². The van der Waals surface area contributed by atoms with Crippen LogP contribution in [0.1, 0.15) is 33.4 Å². The fourth-order valence-electron chi connectivity index (χ4n) is 3.22. The van der Waals surface area contributed by atoms with Gasteiger partial charge in [-0.25, -0.2) is 0 Å². The van der Waals surface area contributed by atoms with Gasteiger partial charge in [-0.05, 0) is 37.5 Å². The average molecular weight is 316 g/mol. The Kier molecular flexibility index (Phi) is 4.55. The second-order valence-electron chi connectivity index (χ2n) is 6.48. The van der Waals surface area contributed by atoms with E-state index in [0.717, 1.165) is 16.7 Å². The molecule has 3 aromatic rings. The van der Waals surface area contributed by atoms with Gasteiger partial charge in [-0.1, -0.05) is 89.5 Å². The number of ether oxygens (including phenoxy) is 1. The molecule has 0 aliphatic carbocycles. The average Bonchev–Trinajstić information content (AvgIpc) is 2.60. The van der Waals surface area contributed by atoms with Gasteiger partial charge in [0.25, 0.3) is 0 Å². The van der Waals surface area contributed by atoms with Crippen LogP contribution in [0.15, 0.2) is 72.8 Å². The molecule has 0 aliphatic heterocycles. The molecule has 0 aromatic heterocycles. The second kappa shape index (κ2) is 6.62. The minimum Gasteiger partial charge on any atom is -0.364 e. The minimum absolute atomic E-state index is 0.602. The molecule has 0 N–H and O–H groups in total. The van der Waals surface area contributed by atoms with Gasteiger partial charge in [0.05, 0.1) is 0 Å².